The second kappa shape index (κ2) is 4.63. The number of thiazole rings is 1. The van der Waals surface area contributed by atoms with Gasteiger partial charge in [-0.1, -0.05) is 0 Å². The second-order valence-electron chi connectivity index (χ2n) is 5.39. The molecule has 1 atom stereocenters. The van der Waals surface area contributed by atoms with Crippen molar-refractivity contribution in [2.45, 2.75) is 52.6 Å². The Bertz CT molecular complexity index is 595. The average molecular weight is 276 g/mol. The molecule has 1 aliphatic rings. The summed E-state index contributed by atoms with van der Waals surface area (Å²) in [6.45, 7) is 8.43. The maximum absolute atomic E-state index is 4.61. The molecule has 5 heteroatoms. The fraction of sp³-hybridized carbons (Fsp3) is 0.571. The third kappa shape index (κ3) is 2.52. The van der Waals surface area contributed by atoms with E-state index in [1.165, 1.54) is 17.7 Å². The minimum absolute atomic E-state index is 0.286. The summed E-state index contributed by atoms with van der Waals surface area (Å²) in [7, 11) is 0. The molecule has 1 saturated carbocycles. The molecule has 0 aliphatic heterocycles. The van der Waals surface area contributed by atoms with Gasteiger partial charge >= 0.3 is 0 Å². The van der Waals surface area contributed by atoms with Gasteiger partial charge in [0.1, 0.15) is 0 Å². The van der Waals surface area contributed by atoms with Gasteiger partial charge in [-0.05, 0) is 40.5 Å². The van der Waals surface area contributed by atoms with Crippen LogP contribution in [0, 0.1) is 20.8 Å². The van der Waals surface area contributed by atoms with E-state index in [2.05, 4.69) is 46.8 Å². The molecule has 1 fully saturated rings. The van der Waals surface area contributed by atoms with Crippen LogP contribution in [-0.2, 0) is 0 Å². The van der Waals surface area contributed by atoms with Crippen LogP contribution >= 0.6 is 11.3 Å². The lowest BCUT2D eigenvalue weighted by atomic mass is 10.2. The zero-order chi connectivity index (χ0) is 13.6. The molecule has 102 valence electrons. The number of aromatic nitrogens is 3. The highest BCUT2D eigenvalue weighted by Gasteiger charge is 2.25. The first kappa shape index (κ1) is 12.7. The maximum atomic E-state index is 4.61. The van der Waals surface area contributed by atoms with Gasteiger partial charge < -0.3 is 9.88 Å². The largest absolute Gasteiger partial charge is 0.353 e. The van der Waals surface area contributed by atoms with Gasteiger partial charge in [-0.3, -0.25) is 0 Å². The predicted octanol–water partition coefficient (Wildman–Crippen LogP) is 3.45. The summed E-state index contributed by atoms with van der Waals surface area (Å²) in [5, 5.41) is 4.65. The summed E-state index contributed by atoms with van der Waals surface area (Å²) in [6.07, 6.45) is 4.65. The summed E-state index contributed by atoms with van der Waals surface area (Å²) in [4.78, 5) is 10.5. The fourth-order valence-corrected chi connectivity index (χ4v) is 3.37. The Morgan fingerprint density at radius 2 is 2.05 bits per heavy atom. The van der Waals surface area contributed by atoms with E-state index in [0.29, 0.717) is 6.04 Å². The summed E-state index contributed by atoms with van der Waals surface area (Å²) in [5.74, 6) is 0.998. The SMILES string of the molecule is Cc1cn(C(C)c2sc(C)nc2C)c(NC2CC2)n1. The van der Waals surface area contributed by atoms with Crippen molar-refractivity contribution in [3.63, 3.8) is 0 Å². The van der Waals surface area contributed by atoms with Crippen molar-refractivity contribution >= 4 is 17.3 Å². The van der Waals surface area contributed by atoms with Gasteiger partial charge in [0.15, 0.2) is 0 Å². The Balaban J connectivity index is 1.93. The molecule has 3 rings (SSSR count). The van der Waals surface area contributed by atoms with Crippen LogP contribution in [-0.4, -0.2) is 20.6 Å². The normalized spacial score (nSPS) is 16.6. The van der Waals surface area contributed by atoms with Crippen molar-refractivity contribution in [1.82, 2.24) is 14.5 Å². The van der Waals surface area contributed by atoms with Crippen molar-refractivity contribution in [1.29, 1.82) is 0 Å². The van der Waals surface area contributed by atoms with Crippen LogP contribution in [0.5, 0.6) is 0 Å². The number of rotatable bonds is 4. The Kier molecular flexibility index (Phi) is 3.09. The fourth-order valence-electron chi connectivity index (χ4n) is 2.39. The maximum Gasteiger partial charge on any atom is 0.203 e. The molecule has 2 aromatic heterocycles. The number of nitrogens with zero attached hydrogens (tertiary/aromatic N) is 3. The Labute approximate surface area is 117 Å². The van der Waals surface area contributed by atoms with Crippen molar-refractivity contribution in [3.8, 4) is 0 Å². The number of hydrogen-bond donors (Lipinski definition) is 1. The number of hydrogen-bond acceptors (Lipinski definition) is 4. The number of imidazole rings is 1. The van der Waals surface area contributed by atoms with Crippen LogP contribution in [0.2, 0.25) is 0 Å². The quantitative estimate of drug-likeness (QED) is 0.930. The van der Waals surface area contributed by atoms with Crippen molar-refractivity contribution in [3.05, 3.63) is 27.5 Å². The molecule has 0 bridgehead atoms. The molecule has 1 unspecified atom stereocenters. The minimum atomic E-state index is 0.286. The Hall–Kier alpha value is -1.36. The molecule has 0 aromatic carbocycles. The van der Waals surface area contributed by atoms with Gasteiger partial charge in [0.2, 0.25) is 5.95 Å². The van der Waals surface area contributed by atoms with Gasteiger partial charge in [-0.2, -0.15) is 0 Å². The summed E-state index contributed by atoms with van der Waals surface area (Å²) >= 11 is 1.78. The highest BCUT2D eigenvalue weighted by Crippen LogP contribution is 2.31. The zero-order valence-corrected chi connectivity index (χ0v) is 12.7. The van der Waals surface area contributed by atoms with E-state index in [9.17, 15) is 0 Å². The molecule has 2 heterocycles. The lowest BCUT2D eigenvalue weighted by Gasteiger charge is -2.16. The number of nitrogens with one attached hydrogen (secondary N) is 1. The topological polar surface area (TPSA) is 42.7 Å². The molecule has 0 spiro atoms. The van der Waals surface area contributed by atoms with E-state index in [4.69, 9.17) is 0 Å². The molecule has 4 nitrogen and oxygen atoms in total. The first-order valence-electron chi connectivity index (χ1n) is 6.80. The van der Waals surface area contributed by atoms with Crippen molar-refractivity contribution in [2.24, 2.45) is 0 Å². The molecular formula is C14H20N4S. The lowest BCUT2D eigenvalue weighted by Crippen LogP contribution is -2.12. The third-order valence-electron chi connectivity index (χ3n) is 3.50. The Morgan fingerprint density at radius 1 is 1.32 bits per heavy atom. The van der Waals surface area contributed by atoms with Crippen molar-refractivity contribution in [2.75, 3.05) is 5.32 Å². The van der Waals surface area contributed by atoms with E-state index in [1.54, 1.807) is 11.3 Å². The first-order chi connectivity index (χ1) is 9.04. The van der Waals surface area contributed by atoms with Crippen LogP contribution in [0.4, 0.5) is 5.95 Å². The first-order valence-corrected chi connectivity index (χ1v) is 7.62. The monoisotopic (exact) mass is 276 g/mol. The lowest BCUT2D eigenvalue weighted by molar-refractivity contribution is 0.648. The predicted molar refractivity (Wildman–Crippen MR) is 79.0 cm³/mol. The van der Waals surface area contributed by atoms with Crippen LogP contribution in [0.3, 0.4) is 0 Å². The number of aryl methyl sites for hydroxylation is 3. The molecule has 0 saturated heterocycles. The van der Waals surface area contributed by atoms with E-state index in [-0.39, 0.29) is 6.04 Å². The number of anilines is 1. The van der Waals surface area contributed by atoms with Crippen LogP contribution in [0.15, 0.2) is 6.20 Å². The Morgan fingerprint density at radius 3 is 2.63 bits per heavy atom. The molecule has 2 aromatic rings. The van der Waals surface area contributed by atoms with Crippen LogP contribution in [0.25, 0.3) is 0 Å². The highest BCUT2D eigenvalue weighted by molar-refractivity contribution is 7.11. The van der Waals surface area contributed by atoms with Crippen molar-refractivity contribution < 1.29 is 0 Å². The van der Waals surface area contributed by atoms with Gasteiger partial charge in [-0.25, -0.2) is 9.97 Å². The molecule has 0 amide bonds. The molecule has 1 N–H and O–H groups in total. The van der Waals surface area contributed by atoms with Gasteiger partial charge in [0.05, 0.1) is 27.3 Å². The van der Waals surface area contributed by atoms with E-state index >= 15 is 0 Å². The van der Waals surface area contributed by atoms with Crippen LogP contribution in [0.1, 0.15) is 47.1 Å². The van der Waals surface area contributed by atoms with E-state index in [1.807, 2.05) is 6.92 Å². The summed E-state index contributed by atoms with van der Waals surface area (Å²) in [5.41, 5.74) is 2.20. The second-order valence-corrected chi connectivity index (χ2v) is 6.63. The average Bonchev–Trinajstić information content (AvgIpc) is 2.98. The summed E-state index contributed by atoms with van der Waals surface area (Å²) < 4.78 is 2.24. The minimum Gasteiger partial charge on any atom is -0.353 e. The van der Waals surface area contributed by atoms with E-state index in [0.717, 1.165) is 22.3 Å². The molecule has 0 radical (unpaired) electrons. The molecule has 19 heavy (non-hydrogen) atoms. The third-order valence-corrected chi connectivity index (χ3v) is 4.74. The van der Waals surface area contributed by atoms with Crippen LogP contribution < -0.4 is 5.32 Å². The van der Waals surface area contributed by atoms with Gasteiger partial charge in [-0.15, -0.1) is 11.3 Å². The standard InChI is InChI=1S/C14H20N4S/c1-8-7-18(14(15-8)17-12-5-6-12)10(3)13-9(2)16-11(4)19-13/h7,10,12H,5-6H2,1-4H3,(H,15,17). The van der Waals surface area contributed by atoms with Gasteiger partial charge in [0.25, 0.3) is 0 Å². The smallest absolute Gasteiger partial charge is 0.203 e. The molecule has 1 aliphatic carbocycles. The molecular weight excluding hydrogens is 256 g/mol. The zero-order valence-electron chi connectivity index (χ0n) is 11.9. The van der Waals surface area contributed by atoms with Gasteiger partial charge in [0, 0.05) is 12.2 Å². The summed E-state index contributed by atoms with van der Waals surface area (Å²) in [6, 6.07) is 0.908. The highest BCUT2D eigenvalue weighted by atomic mass is 32.1. The van der Waals surface area contributed by atoms with E-state index < -0.39 is 0 Å².